The predicted octanol–water partition coefficient (Wildman–Crippen LogP) is 2.53. The Bertz CT molecular complexity index is 1100. The van der Waals surface area contributed by atoms with Crippen LogP contribution in [0.4, 0.5) is 5.69 Å². The van der Waals surface area contributed by atoms with E-state index in [9.17, 15) is 19.2 Å². The molecular formula is C24H28N4O4S. The molecule has 3 N–H and O–H groups in total. The van der Waals surface area contributed by atoms with Gasteiger partial charge in [0.25, 0.3) is 5.91 Å². The maximum Gasteiger partial charge on any atom is 0.265 e. The number of amides is 4. The van der Waals surface area contributed by atoms with Gasteiger partial charge in [-0.2, -0.15) is 0 Å². The third-order valence-corrected chi connectivity index (χ3v) is 7.09. The summed E-state index contributed by atoms with van der Waals surface area (Å²) in [4.78, 5) is 50.9. The molecule has 174 valence electrons. The van der Waals surface area contributed by atoms with Gasteiger partial charge in [-0.05, 0) is 40.5 Å². The van der Waals surface area contributed by atoms with Crippen LogP contribution in [0.3, 0.4) is 0 Å². The minimum atomic E-state index is -0.633. The lowest BCUT2D eigenvalue weighted by Gasteiger charge is -2.29. The van der Waals surface area contributed by atoms with E-state index in [1.807, 2.05) is 17.5 Å². The van der Waals surface area contributed by atoms with Crippen LogP contribution in [0.5, 0.6) is 0 Å². The Morgan fingerprint density at radius 3 is 2.58 bits per heavy atom. The molecule has 4 rings (SSSR count). The number of nitrogens with one attached hydrogen (secondary N) is 3. The highest BCUT2D eigenvalue weighted by atomic mass is 32.1. The predicted molar refractivity (Wildman–Crippen MR) is 126 cm³/mol. The molecule has 2 aliphatic heterocycles. The number of hydrogen-bond acceptors (Lipinski definition) is 6. The fraction of sp³-hybridized carbons (Fsp3) is 0.417. The molecule has 33 heavy (non-hydrogen) atoms. The van der Waals surface area contributed by atoms with E-state index >= 15 is 0 Å². The Morgan fingerprint density at radius 1 is 1.18 bits per heavy atom. The second-order valence-corrected chi connectivity index (χ2v) is 10.3. The molecule has 9 heteroatoms. The van der Waals surface area contributed by atoms with Crippen LogP contribution in [0.2, 0.25) is 0 Å². The molecule has 0 saturated carbocycles. The van der Waals surface area contributed by atoms with E-state index in [1.165, 1.54) is 21.8 Å². The topological polar surface area (TPSA) is 108 Å². The number of piperidine rings is 1. The average Bonchev–Trinajstić information content (AvgIpc) is 3.30. The molecule has 0 radical (unpaired) electrons. The Hall–Kier alpha value is -3.20. The van der Waals surface area contributed by atoms with Crippen molar-refractivity contribution in [2.75, 3.05) is 11.9 Å². The zero-order valence-electron chi connectivity index (χ0n) is 19.0. The van der Waals surface area contributed by atoms with Crippen LogP contribution >= 0.6 is 11.3 Å². The van der Waals surface area contributed by atoms with Gasteiger partial charge in [0, 0.05) is 30.8 Å². The molecule has 4 amide bonds. The molecule has 1 fully saturated rings. The molecule has 2 aliphatic rings. The van der Waals surface area contributed by atoms with Gasteiger partial charge < -0.3 is 15.5 Å². The quantitative estimate of drug-likeness (QED) is 0.565. The zero-order valence-corrected chi connectivity index (χ0v) is 19.8. The van der Waals surface area contributed by atoms with Gasteiger partial charge in [0.05, 0.1) is 11.4 Å². The number of hydrogen-bond donors (Lipinski definition) is 3. The maximum atomic E-state index is 12.8. The third kappa shape index (κ3) is 4.93. The zero-order chi connectivity index (χ0) is 23.8. The van der Waals surface area contributed by atoms with Gasteiger partial charge in [0.15, 0.2) is 0 Å². The van der Waals surface area contributed by atoms with Gasteiger partial charge in [-0.15, -0.1) is 11.3 Å². The number of thiophene rings is 1. The van der Waals surface area contributed by atoms with Crippen LogP contribution < -0.4 is 16.0 Å². The number of rotatable bonds is 6. The standard InChI is InChI=1S/C24H28N4O4S/c1-24(2,3)15-4-6-16(7-5-15)25-11-20(30)26-10-14-13-33-21-17(14)12-28(23(21)32)18-8-9-19(29)27-22(18)31/h4-7,13,18,25H,8-12H2,1-3H3,(H,26,30)(H,27,29,31)/t18-/m0/s1. The molecule has 2 aromatic rings. The lowest BCUT2D eigenvalue weighted by Crippen LogP contribution is -2.52. The molecule has 0 spiro atoms. The van der Waals surface area contributed by atoms with Crippen molar-refractivity contribution >= 4 is 40.7 Å². The third-order valence-electron chi connectivity index (χ3n) is 6.03. The molecule has 0 bridgehead atoms. The Balaban J connectivity index is 1.31. The van der Waals surface area contributed by atoms with Crippen LogP contribution in [0, 0.1) is 0 Å². The van der Waals surface area contributed by atoms with Gasteiger partial charge in [-0.3, -0.25) is 24.5 Å². The normalized spacial score (nSPS) is 18.2. The summed E-state index contributed by atoms with van der Waals surface area (Å²) >= 11 is 1.32. The number of nitrogens with zero attached hydrogens (tertiary/aromatic N) is 1. The van der Waals surface area contributed by atoms with Crippen LogP contribution in [-0.2, 0) is 32.9 Å². The number of carbonyl (C=O) groups is 4. The van der Waals surface area contributed by atoms with Crippen molar-refractivity contribution in [1.82, 2.24) is 15.5 Å². The summed E-state index contributed by atoms with van der Waals surface area (Å²) in [5.41, 5.74) is 3.90. The van der Waals surface area contributed by atoms with Gasteiger partial charge in [-0.25, -0.2) is 0 Å². The average molecular weight is 469 g/mol. The number of anilines is 1. The van der Waals surface area contributed by atoms with Crippen molar-refractivity contribution in [2.24, 2.45) is 0 Å². The van der Waals surface area contributed by atoms with Crippen molar-refractivity contribution in [3.05, 3.63) is 51.2 Å². The van der Waals surface area contributed by atoms with Gasteiger partial charge in [0.2, 0.25) is 17.7 Å². The minimum Gasteiger partial charge on any atom is -0.376 e. The van der Waals surface area contributed by atoms with Crippen molar-refractivity contribution in [1.29, 1.82) is 0 Å². The van der Waals surface area contributed by atoms with Gasteiger partial charge in [-0.1, -0.05) is 32.9 Å². The fourth-order valence-corrected chi connectivity index (χ4v) is 5.09. The highest BCUT2D eigenvalue weighted by Crippen LogP contribution is 2.34. The summed E-state index contributed by atoms with van der Waals surface area (Å²) in [6.07, 6.45) is 0.558. The molecular weight excluding hydrogens is 440 g/mol. The van der Waals surface area contributed by atoms with Crippen molar-refractivity contribution < 1.29 is 19.2 Å². The maximum absolute atomic E-state index is 12.8. The van der Waals surface area contributed by atoms with Crippen LogP contribution in [0.15, 0.2) is 29.6 Å². The summed E-state index contributed by atoms with van der Waals surface area (Å²) in [5, 5.41) is 10.2. The highest BCUT2D eigenvalue weighted by molar-refractivity contribution is 7.12. The number of imide groups is 1. The Kier molecular flexibility index (Phi) is 6.25. The summed E-state index contributed by atoms with van der Waals surface area (Å²) in [6, 6.07) is 7.41. The molecule has 1 aromatic heterocycles. The molecule has 3 heterocycles. The first-order valence-electron chi connectivity index (χ1n) is 11.0. The summed E-state index contributed by atoms with van der Waals surface area (Å²) in [7, 11) is 0. The molecule has 1 saturated heterocycles. The second kappa shape index (κ2) is 8.97. The largest absolute Gasteiger partial charge is 0.376 e. The van der Waals surface area contributed by atoms with E-state index < -0.39 is 11.9 Å². The second-order valence-electron chi connectivity index (χ2n) is 9.43. The molecule has 1 atom stereocenters. The highest BCUT2D eigenvalue weighted by Gasteiger charge is 2.40. The Morgan fingerprint density at radius 2 is 1.91 bits per heavy atom. The first-order valence-corrected chi connectivity index (χ1v) is 11.9. The van der Waals surface area contributed by atoms with Gasteiger partial charge >= 0.3 is 0 Å². The summed E-state index contributed by atoms with van der Waals surface area (Å²) < 4.78 is 0. The van der Waals surface area contributed by atoms with E-state index in [1.54, 1.807) is 0 Å². The monoisotopic (exact) mass is 468 g/mol. The first kappa shape index (κ1) is 23.0. The number of benzene rings is 1. The van der Waals surface area contributed by atoms with E-state index in [0.29, 0.717) is 24.4 Å². The smallest absolute Gasteiger partial charge is 0.265 e. The molecule has 0 aliphatic carbocycles. The number of fused-ring (bicyclic) bond motifs is 1. The first-order chi connectivity index (χ1) is 15.6. The van der Waals surface area contributed by atoms with Gasteiger partial charge in [0.1, 0.15) is 6.04 Å². The minimum absolute atomic E-state index is 0.0753. The summed E-state index contributed by atoms with van der Waals surface area (Å²) in [5.74, 6) is -1.07. The van der Waals surface area contributed by atoms with Crippen molar-refractivity contribution in [3.8, 4) is 0 Å². The SMILES string of the molecule is CC(C)(C)c1ccc(NCC(=O)NCc2csc3c2CN([C@H]2CCC(=O)NC2=O)C3=O)cc1. The number of carbonyl (C=O) groups excluding carboxylic acids is 4. The van der Waals surface area contributed by atoms with Crippen molar-refractivity contribution in [3.63, 3.8) is 0 Å². The van der Waals surface area contributed by atoms with Crippen LogP contribution in [0.1, 0.15) is 60.0 Å². The van der Waals surface area contributed by atoms with Crippen molar-refractivity contribution in [2.45, 2.75) is 58.2 Å². The van der Waals surface area contributed by atoms with E-state index in [4.69, 9.17) is 0 Å². The van der Waals surface area contributed by atoms with E-state index in [-0.39, 0.29) is 36.1 Å². The molecule has 1 aromatic carbocycles. The lowest BCUT2D eigenvalue weighted by molar-refractivity contribution is -0.137. The van der Waals surface area contributed by atoms with E-state index in [0.717, 1.165) is 16.8 Å². The fourth-order valence-electron chi connectivity index (χ4n) is 4.05. The Labute approximate surface area is 196 Å². The van der Waals surface area contributed by atoms with E-state index in [2.05, 4.69) is 48.9 Å². The summed E-state index contributed by atoms with van der Waals surface area (Å²) in [6.45, 7) is 7.23. The lowest BCUT2D eigenvalue weighted by atomic mass is 9.87. The molecule has 8 nitrogen and oxygen atoms in total. The van der Waals surface area contributed by atoms with Crippen LogP contribution in [0.25, 0.3) is 0 Å². The molecule has 0 unspecified atom stereocenters. The van der Waals surface area contributed by atoms with Crippen LogP contribution in [-0.4, -0.2) is 41.1 Å².